The zero-order chi connectivity index (χ0) is 20.7. The number of para-hydroxylation sites is 1. The highest BCUT2D eigenvalue weighted by atomic mass is 16.5. The number of rotatable bonds is 4. The molecule has 1 atom stereocenters. The summed E-state index contributed by atoms with van der Waals surface area (Å²) in [5.74, 6) is 0.167. The van der Waals surface area contributed by atoms with Gasteiger partial charge in [0.05, 0.1) is 25.5 Å². The summed E-state index contributed by atoms with van der Waals surface area (Å²) in [6.07, 6.45) is 0.143. The molecular formula is C23H23NO5. The number of carbonyl (C=O) groups is 2. The van der Waals surface area contributed by atoms with Gasteiger partial charge in [0.1, 0.15) is 6.61 Å². The Morgan fingerprint density at radius 2 is 1.76 bits per heavy atom. The van der Waals surface area contributed by atoms with E-state index in [0.29, 0.717) is 22.8 Å². The normalized spacial score (nSPS) is 18.6. The average Bonchev–Trinajstić information content (AvgIpc) is 3.07. The van der Waals surface area contributed by atoms with E-state index in [1.165, 1.54) is 0 Å². The number of carbonyl (C=O) groups excluding carboxylic acids is 2. The highest BCUT2D eigenvalue weighted by Gasteiger charge is 2.44. The minimum atomic E-state index is -0.445. The number of amides is 1. The van der Waals surface area contributed by atoms with Gasteiger partial charge in [0.25, 0.3) is 0 Å². The van der Waals surface area contributed by atoms with Crippen LogP contribution in [0.1, 0.15) is 29.0 Å². The van der Waals surface area contributed by atoms with Crippen LogP contribution in [0.5, 0.6) is 11.5 Å². The Morgan fingerprint density at radius 1 is 1.03 bits per heavy atom. The summed E-state index contributed by atoms with van der Waals surface area (Å²) in [7, 11) is 3.11. The summed E-state index contributed by atoms with van der Waals surface area (Å²) < 4.78 is 16.3. The lowest BCUT2D eigenvalue weighted by molar-refractivity contribution is -0.136. The van der Waals surface area contributed by atoms with Crippen LogP contribution in [0, 0.1) is 13.8 Å². The first-order valence-electron chi connectivity index (χ1n) is 9.47. The molecule has 0 N–H and O–H groups in total. The molecule has 6 nitrogen and oxygen atoms in total. The number of benzene rings is 2. The lowest BCUT2D eigenvalue weighted by atomic mass is 9.83. The third kappa shape index (κ3) is 3.14. The van der Waals surface area contributed by atoms with Crippen LogP contribution >= 0.6 is 0 Å². The number of aryl methyl sites for hydroxylation is 2. The van der Waals surface area contributed by atoms with Gasteiger partial charge >= 0.3 is 5.97 Å². The van der Waals surface area contributed by atoms with Crippen molar-refractivity contribution in [3.05, 3.63) is 64.4 Å². The maximum Gasteiger partial charge on any atom is 0.336 e. The van der Waals surface area contributed by atoms with Gasteiger partial charge in [0, 0.05) is 23.6 Å². The Balaban J connectivity index is 1.88. The smallest absolute Gasteiger partial charge is 0.336 e. The fraction of sp³-hybridized carbons (Fsp3) is 0.304. The van der Waals surface area contributed by atoms with Gasteiger partial charge in [-0.1, -0.05) is 18.2 Å². The van der Waals surface area contributed by atoms with E-state index >= 15 is 0 Å². The lowest BCUT2D eigenvalue weighted by Crippen LogP contribution is -2.37. The fourth-order valence-electron chi connectivity index (χ4n) is 4.29. The number of nitrogens with zero attached hydrogens (tertiary/aromatic N) is 1. The Morgan fingerprint density at radius 3 is 2.41 bits per heavy atom. The summed E-state index contributed by atoms with van der Waals surface area (Å²) in [6, 6.07) is 11.4. The van der Waals surface area contributed by atoms with Gasteiger partial charge in [-0.05, 0) is 43.2 Å². The van der Waals surface area contributed by atoms with Crippen LogP contribution in [0.2, 0.25) is 0 Å². The molecule has 0 radical (unpaired) electrons. The highest BCUT2D eigenvalue weighted by Crippen LogP contribution is 2.46. The van der Waals surface area contributed by atoms with Crippen molar-refractivity contribution in [3.8, 4) is 11.5 Å². The summed E-state index contributed by atoms with van der Waals surface area (Å²) in [5, 5.41) is 0. The van der Waals surface area contributed by atoms with Crippen molar-refractivity contribution in [2.75, 3.05) is 25.7 Å². The first-order valence-corrected chi connectivity index (χ1v) is 9.47. The maximum absolute atomic E-state index is 13.3. The zero-order valence-electron chi connectivity index (χ0n) is 16.9. The molecule has 150 valence electrons. The molecule has 6 heteroatoms. The predicted octanol–water partition coefficient (Wildman–Crippen LogP) is 3.65. The van der Waals surface area contributed by atoms with Crippen LogP contribution in [0.4, 0.5) is 5.69 Å². The first-order chi connectivity index (χ1) is 13.9. The van der Waals surface area contributed by atoms with Crippen LogP contribution in [0.25, 0.3) is 0 Å². The minimum absolute atomic E-state index is 0.0790. The highest BCUT2D eigenvalue weighted by molar-refractivity contribution is 6.06. The molecule has 0 unspecified atom stereocenters. The van der Waals surface area contributed by atoms with Crippen LogP contribution in [0.15, 0.2) is 47.7 Å². The molecule has 2 aromatic carbocycles. The number of hydrogen-bond donors (Lipinski definition) is 0. The number of ether oxygens (including phenoxy) is 3. The van der Waals surface area contributed by atoms with Crippen molar-refractivity contribution < 1.29 is 23.8 Å². The molecule has 2 aromatic rings. The van der Waals surface area contributed by atoms with E-state index in [4.69, 9.17) is 14.2 Å². The van der Waals surface area contributed by atoms with Crippen molar-refractivity contribution in [2.24, 2.45) is 0 Å². The van der Waals surface area contributed by atoms with Crippen molar-refractivity contribution in [1.29, 1.82) is 0 Å². The van der Waals surface area contributed by atoms with Crippen LogP contribution < -0.4 is 14.4 Å². The van der Waals surface area contributed by atoms with Gasteiger partial charge in [-0.3, -0.25) is 9.69 Å². The van der Waals surface area contributed by atoms with Gasteiger partial charge in [-0.15, -0.1) is 0 Å². The van der Waals surface area contributed by atoms with E-state index in [2.05, 4.69) is 0 Å². The number of cyclic esters (lactones) is 1. The van der Waals surface area contributed by atoms with Crippen molar-refractivity contribution in [1.82, 2.24) is 0 Å². The van der Waals surface area contributed by atoms with Crippen LogP contribution in [0.3, 0.4) is 0 Å². The molecule has 0 aromatic heterocycles. The zero-order valence-corrected chi connectivity index (χ0v) is 16.9. The molecule has 2 aliphatic heterocycles. The second-order valence-corrected chi connectivity index (χ2v) is 7.35. The summed E-state index contributed by atoms with van der Waals surface area (Å²) in [4.78, 5) is 27.6. The predicted molar refractivity (Wildman–Crippen MR) is 108 cm³/mol. The van der Waals surface area contributed by atoms with E-state index < -0.39 is 11.9 Å². The monoisotopic (exact) mass is 393 g/mol. The Hall–Kier alpha value is -3.28. The molecule has 1 amide bonds. The van der Waals surface area contributed by atoms with E-state index in [-0.39, 0.29) is 18.9 Å². The van der Waals surface area contributed by atoms with Crippen LogP contribution in [-0.2, 0) is 14.3 Å². The molecule has 2 heterocycles. The molecular weight excluding hydrogens is 370 g/mol. The molecule has 0 fully saturated rings. The molecule has 29 heavy (non-hydrogen) atoms. The maximum atomic E-state index is 13.3. The molecule has 0 saturated heterocycles. The largest absolute Gasteiger partial charge is 0.493 e. The number of hydrogen-bond acceptors (Lipinski definition) is 5. The van der Waals surface area contributed by atoms with Gasteiger partial charge in [0.15, 0.2) is 11.5 Å². The molecule has 2 aliphatic rings. The Kier molecular flexibility index (Phi) is 4.78. The summed E-state index contributed by atoms with van der Waals surface area (Å²) in [5.41, 5.74) is 4.72. The van der Waals surface area contributed by atoms with E-state index in [0.717, 1.165) is 22.4 Å². The van der Waals surface area contributed by atoms with E-state index in [1.54, 1.807) is 25.2 Å². The van der Waals surface area contributed by atoms with Gasteiger partial charge < -0.3 is 14.2 Å². The van der Waals surface area contributed by atoms with Crippen molar-refractivity contribution >= 4 is 17.6 Å². The third-order valence-electron chi connectivity index (χ3n) is 5.39. The standard InChI is InChI=1S/C23H23NO5/c1-13-8-14(2)10-15(9-13)24-18-12-29-23(26)21(18)17(11-20(24)25)16-6-5-7-19(27-3)22(16)28-4/h5-10,17H,11-12H2,1-4H3/t17-/m1/s1. The van der Waals surface area contributed by atoms with Gasteiger partial charge in [-0.2, -0.15) is 0 Å². The quantitative estimate of drug-likeness (QED) is 0.742. The average molecular weight is 393 g/mol. The number of anilines is 1. The van der Waals surface area contributed by atoms with Gasteiger partial charge in [0.2, 0.25) is 5.91 Å². The van der Waals surface area contributed by atoms with Crippen molar-refractivity contribution in [2.45, 2.75) is 26.2 Å². The second-order valence-electron chi connectivity index (χ2n) is 7.35. The molecule has 0 bridgehead atoms. The topological polar surface area (TPSA) is 65.1 Å². The SMILES string of the molecule is COc1cccc([C@H]2CC(=O)N(c3cc(C)cc(C)c3)C3=C2C(=O)OC3)c1OC. The first kappa shape index (κ1) is 19.1. The minimum Gasteiger partial charge on any atom is -0.493 e. The van der Waals surface area contributed by atoms with Gasteiger partial charge in [-0.25, -0.2) is 4.79 Å². The fourth-order valence-corrected chi connectivity index (χ4v) is 4.29. The number of esters is 1. The molecule has 0 aliphatic carbocycles. The summed E-state index contributed by atoms with van der Waals surface area (Å²) >= 11 is 0. The van der Waals surface area contributed by atoms with Crippen LogP contribution in [-0.4, -0.2) is 32.7 Å². The molecule has 0 spiro atoms. The molecule has 0 saturated carbocycles. The Bertz CT molecular complexity index is 1020. The third-order valence-corrected chi connectivity index (χ3v) is 5.39. The van der Waals surface area contributed by atoms with E-state index in [1.807, 2.05) is 44.2 Å². The van der Waals surface area contributed by atoms with E-state index in [9.17, 15) is 9.59 Å². The van der Waals surface area contributed by atoms with Crippen molar-refractivity contribution in [3.63, 3.8) is 0 Å². The second kappa shape index (κ2) is 7.28. The Labute approximate surface area is 169 Å². The number of methoxy groups -OCH3 is 2. The lowest BCUT2D eigenvalue weighted by Gasteiger charge is -2.32. The summed E-state index contributed by atoms with van der Waals surface area (Å²) in [6.45, 7) is 4.05. The molecule has 4 rings (SSSR count).